The van der Waals surface area contributed by atoms with E-state index in [-0.39, 0.29) is 24.0 Å². The van der Waals surface area contributed by atoms with Gasteiger partial charge in [0.2, 0.25) is 0 Å². The molecule has 0 spiro atoms. The highest BCUT2D eigenvalue weighted by Crippen LogP contribution is 2.41. The number of aromatic nitrogens is 2. The van der Waals surface area contributed by atoms with Gasteiger partial charge in [0.15, 0.2) is 0 Å². The summed E-state index contributed by atoms with van der Waals surface area (Å²) in [6.07, 6.45) is -4.98. The Morgan fingerprint density at radius 1 is 1.06 bits per heavy atom. The first-order chi connectivity index (χ1) is 17.2. The second kappa shape index (κ2) is 9.19. The van der Waals surface area contributed by atoms with Crippen LogP contribution >= 0.6 is 0 Å². The first-order valence-electron chi connectivity index (χ1n) is 11.1. The molecular weight excluding hydrogens is 477 g/mol. The number of hydrogen-bond acceptors (Lipinski definition) is 5. The van der Waals surface area contributed by atoms with E-state index in [0.717, 1.165) is 22.9 Å². The molecule has 0 atom stereocenters. The molecule has 0 amide bonds. The van der Waals surface area contributed by atoms with Gasteiger partial charge in [0, 0.05) is 6.07 Å². The summed E-state index contributed by atoms with van der Waals surface area (Å²) in [6, 6.07) is 14.7. The molecular formula is C26H21F3N2O5. The van der Waals surface area contributed by atoms with Gasteiger partial charge in [-0.2, -0.15) is 13.2 Å². The van der Waals surface area contributed by atoms with Gasteiger partial charge in [0.1, 0.15) is 34.4 Å². The van der Waals surface area contributed by atoms with Gasteiger partial charge in [-0.1, -0.05) is 12.1 Å². The number of imidazole rings is 1. The number of nitrogens with zero attached hydrogens (tertiary/aromatic N) is 2. The summed E-state index contributed by atoms with van der Waals surface area (Å²) < 4.78 is 60.3. The van der Waals surface area contributed by atoms with Crippen molar-refractivity contribution in [2.75, 3.05) is 13.2 Å². The first kappa shape index (κ1) is 23.7. The molecule has 2 heterocycles. The molecule has 36 heavy (non-hydrogen) atoms. The number of carboxylic acid groups (broad SMARTS) is 1. The number of aliphatic carboxylic acids is 1. The normalized spacial score (nSPS) is 14.0. The van der Waals surface area contributed by atoms with Crippen LogP contribution in [0.25, 0.3) is 11.0 Å². The standard InChI is InChI=1S/C26H21F3N2O5/c1-15-30-22-7-5-20(12-23(22)31(15)17-13-34-14-17)35-19-6-8-24(21(11-19)26(27,28)29)36-18-4-2-3-16(9-18)10-25(32)33/h2-9,11-12,17H,10,13-14H2,1H3,(H,32,33). The quantitative estimate of drug-likeness (QED) is 0.329. The lowest BCUT2D eigenvalue weighted by Gasteiger charge is -2.28. The number of aryl methyl sites for hydroxylation is 1. The van der Waals surface area contributed by atoms with Gasteiger partial charge < -0.3 is 23.9 Å². The molecule has 1 aliphatic heterocycles. The largest absolute Gasteiger partial charge is 0.481 e. The first-order valence-corrected chi connectivity index (χ1v) is 11.1. The molecule has 5 rings (SSSR count). The van der Waals surface area contributed by atoms with Crippen molar-refractivity contribution < 1.29 is 37.3 Å². The van der Waals surface area contributed by atoms with Crippen LogP contribution in [0.15, 0.2) is 60.7 Å². The zero-order chi connectivity index (χ0) is 25.4. The van der Waals surface area contributed by atoms with E-state index < -0.39 is 23.5 Å². The van der Waals surface area contributed by atoms with Gasteiger partial charge in [0.25, 0.3) is 0 Å². The Kier molecular flexibility index (Phi) is 6.05. The van der Waals surface area contributed by atoms with Crippen LogP contribution in [-0.2, 0) is 22.1 Å². The Hall–Kier alpha value is -4.05. The molecule has 0 radical (unpaired) electrons. The molecule has 1 aliphatic rings. The van der Waals surface area contributed by atoms with Crippen LogP contribution in [0, 0.1) is 6.92 Å². The SMILES string of the molecule is Cc1nc2ccc(Oc3ccc(Oc4cccc(CC(=O)O)c4)c(C(F)(F)F)c3)cc2n1C1COC1. The van der Waals surface area contributed by atoms with E-state index in [2.05, 4.69) is 4.98 Å². The fourth-order valence-corrected chi connectivity index (χ4v) is 4.13. The molecule has 0 saturated carbocycles. The molecule has 186 valence electrons. The minimum atomic E-state index is -4.71. The van der Waals surface area contributed by atoms with Crippen molar-refractivity contribution in [1.82, 2.24) is 9.55 Å². The highest BCUT2D eigenvalue weighted by atomic mass is 19.4. The van der Waals surface area contributed by atoms with Crippen LogP contribution in [0.3, 0.4) is 0 Å². The van der Waals surface area contributed by atoms with Crippen molar-refractivity contribution in [1.29, 1.82) is 0 Å². The fraction of sp³-hybridized carbons (Fsp3) is 0.231. The van der Waals surface area contributed by atoms with Crippen LogP contribution in [0.5, 0.6) is 23.0 Å². The lowest BCUT2D eigenvalue weighted by molar-refractivity contribution is -0.138. The van der Waals surface area contributed by atoms with Gasteiger partial charge in [-0.15, -0.1) is 0 Å². The van der Waals surface area contributed by atoms with Crippen molar-refractivity contribution in [3.63, 3.8) is 0 Å². The molecule has 1 fully saturated rings. The molecule has 0 unspecified atom stereocenters. The Labute approximate surface area is 203 Å². The van der Waals surface area contributed by atoms with Crippen molar-refractivity contribution in [2.45, 2.75) is 25.6 Å². The van der Waals surface area contributed by atoms with E-state index >= 15 is 0 Å². The minimum absolute atomic E-state index is 0.0107. The Balaban J connectivity index is 1.43. The third-order valence-electron chi connectivity index (χ3n) is 5.80. The third kappa shape index (κ3) is 4.85. The molecule has 4 aromatic rings. The Bertz CT molecular complexity index is 1440. The molecule has 1 N–H and O–H groups in total. The number of carbonyl (C=O) groups is 1. The summed E-state index contributed by atoms with van der Waals surface area (Å²) in [5.74, 6) is -0.195. The second-order valence-electron chi connectivity index (χ2n) is 8.45. The number of rotatable bonds is 7. The molecule has 0 bridgehead atoms. The van der Waals surface area contributed by atoms with E-state index in [1.807, 2.05) is 11.5 Å². The summed E-state index contributed by atoms with van der Waals surface area (Å²) in [5, 5.41) is 8.95. The average molecular weight is 498 g/mol. The van der Waals surface area contributed by atoms with E-state index in [9.17, 15) is 18.0 Å². The van der Waals surface area contributed by atoms with E-state index in [1.54, 1.807) is 24.3 Å². The highest BCUT2D eigenvalue weighted by molar-refractivity contribution is 5.78. The van der Waals surface area contributed by atoms with E-state index in [1.165, 1.54) is 30.3 Å². The van der Waals surface area contributed by atoms with Crippen LogP contribution in [0.1, 0.15) is 23.0 Å². The zero-order valence-corrected chi connectivity index (χ0v) is 19.1. The molecule has 1 aromatic heterocycles. The molecule has 3 aromatic carbocycles. The number of benzene rings is 3. The lowest BCUT2D eigenvalue weighted by atomic mass is 10.1. The van der Waals surface area contributed by atoms with Crippen LogP contribution in [0.4, 0.5) is 13.2 Å². The van der Waals surface area contributed by atoms with Gasteiger partial charge in [-0.25, -0.2) is 4.98 Å². The minimum Gasteiger partial charge on any atom is -0.481 e. The van der Waals surface area contributed by atoms with Gasteiger partial charge in [0.05, 0.1) is 36.7 Å². The van der Waals surface area contributed by atoms with Gasteiger partial charge >= 0.3 is 12.1 Å². The summed E-state index contributed by atoms with van der Waals surface area (Å²) in [4.78, 5) is 15.5. The van der Waals surface area contributed by atoms with Gasteiger partial charge in [-0.3, -0.25) is 4.79 Å². The van der Waals surface area contributed by atoms with E-state index in [0.29, 0.717) is 24.5 Å². The smallest absolute Gasteiger partial charge is 0.420 e. The summed E-state index contributed by atoms with van der Waals surface area (Å²) in [5.41, 5.74) is 0.969. The number of halogens is 3. The summed E-state index contributed by atoms with van der Waals surface area (Å²) >= 11 is 0. The molecule has 7 nitrogen and oxygen atoms in total. The summed E-state index contributed by atoms with van der Waals surface area (Å²) in [6.45, 7) is 3.05. The predicted molar refractivity (Wildman–Crippen MR) is 124 cm³/mol. The van der Waals surface area contributed by atoms with Crippen LogP contribution in [0.2, 0.25) is 0 Å². The maximum atomic E-state index is 13.9. The molecule has 1 saturated heterocycles. The zero-order valence-electron chi connectivity index (χ0n) is 19.1. The number of carboxylic acids is 1. The number of fused-ring (bicyclic) bond motifs is 1. The fourth-order valence-electron chi connectivity index (χ4n) is 4.13. The maximum Gasteiger partial charge on any atom is 0.420 e. The van der Waals surface area contributed by atoms with Crippen molar-refractivity contribution in [2.24, 2.45) is 0 Å². The molecule has 10 heteroatoms. The summed E-state index contributed by atoms with van der Waals surface area (Å²) in [7, 11) is 0. The third-order valence-corrected chi connectivity index (χ3v) is 5.80. The topological polar surface area (TPSA) is 82.8 Å². The second-order valence-corrected chi connectivity index (χ2v) is 8.45. The van der Waals surface area contributed by atoms with Crippen molar-refractivity contribution in [3.8, 4) is 23.0 Å². The lowest BCUT2D eigenvalue weighted by Crippen LogP contribution is -2.31. The van der Waals surface area contributed by atoms with Crippen LogP contribution < -0.4 is 9.47 Å². The van der Waals surface area contributed by atoms with Gasteiger partial charge in [-0.05, 0) is 55.0 Å². The Morgan fingerprint density at radius 2 is 1.78 bits per heavy atom. The van der Waals surface area contributed by atoms with E-state index in [4.69, 9.17) is 19.3 Å². The van der Waals surface area contributed by atoms with Crippen LogP contribution in [-0.4, -0.2) is 33.8 Å². The van der Waals surface area contributed by atoms with Crippen molar-refractivity contribution in [3.05, 3.63) is 77.6 Å². The number of ether oxygens (including phenoxy) is 3. The average Bonchev–Trinajstić information content (AvgIpc) is 3.08. The predicted octanol–water partition coefficient (Wildman–Crippen LogP) is 6.15. The highest BCUT2D eigenvalue weighted by Gasteiger charge is 2.35. The number of hydrogen-bond donors (Lipinski definition) is 1. The Morgan fingerprint density at radius 3 is 2.47 bits per heavy atom. The molecule has 0 aliphatic carbocycles. The maximum absolute atomic E-state index is 13.9. The monoisotopic (exact) mass is 498 g/mol. The van der Waals surface area contributed by atoms with Crippen molar-refractivity contribution >= 4 is 17.0 Å². The number of alkyl halides is 3.